The Morgan fingerprint density at radius 1 is 1.19 bits per heavy atom. The van der Waals surface area contributed by atoms with E-state index in [4.69, 9.17) is 14.2 Å². The fourth-order valence-corrected chi connectivity index (χ4v) is 3.22. The summed E-state index contributed by atoms with van der Waals surface area (Å²) >= 11 is 0. The van der Waals surface area contributed by atoms with Crippen LogP contribution in [0.1, 0.15) is 51.7 Å². The predicted octanol–water partition coefficient (Wildman–Crippen LogP) is 4.52. The molecule has 1 atom stereocenters. The SMILES string of the molecule is CC1=C(OC(=O)OC(C)C)C(c2cccc([N+](=O)[O-])c2)c2c(ncnc2OC(C)C)N1. The molecule has 1 aliphatic heterocycles. The van der Waals surface area contributed by atoms with E-state index >= 15 is 0 Å². The molecule has 0 spiro atoms. The quantitative estimate of drug-likeness (QED) is 0.401. The lowest BCUT2D eigenvalue weighted by molar-refractivity contribution is -0.384. The number of nitro benzene ring substituents is 1. The molecule has 10 nitrogen and oxygen atoms in total. The maximum absolute atomic E-state index is 12.3. The number of nitrogens with one attached hydrogen (secondary N) is 1. The van der Waals surface area contributed by atoms with Gasteiger partial charge in [0.1, 0.15) is 17.9 Å². The van der Waals surface area contributed by atoms with E-state index in [9.17, 15) is 14.9 Å². The zero-order chi connectivity index (χ0) is 22.7. The predicted molar refractivity (Wildman–Crippen MR) is 112 cm³/mol. The van der Waals surface area contributed by atoms with Gasteiger partial charge >= 0.3 is 6.16 Å². The lowest BCUT2D eigenvalue weighted by Crippen LogP contribution is -2.25. The first-order chi connectivity index (χ1) is 14.7. The van der Waals surface area contributed by atoms with Crippen LogP contribution in [0.5, 0.6) is 5.88 Å². The third-order valence-electron chi connectivity index (χ3n) is 4.36. The van der Waals surface area contributed by atoms with Crippen LogP contribution in [-0.2, 0) is 9.47 Å². The number of ether oxygens (including phenoxy) is 3. The van der Waals surface area contributed by atoms with Crippen LogP contribution >= 0.6 is 0 Å². The van der Waals surface area contributed by atoms with Crippen molar-refractivity contribution in [3.63, 3.8) is 0 Å². The minimum atomic E-state index is -0.881. The van der Waals surface area contributed by atoms with E-state index in [1.807, 2.05) is 13.8 Å². The van der Waals surface area contributed by atoms with Crippen LogP contribution in [0.25, 0.3) is 0 Å². The van der Waals surface area contributed by atoms with Crippen molar-refractivity contribution in [1.82, 2.24) is 9.97 Å². The number of hydrogen-bond donors (Lipinski definition) is 1. The first-order valence-corrected chi connectivity index (χ1v) is 9.79. The van der Waals surface area contributed by atoms with Crippen LogP contribution in [0.3, 0.4) is 0 Å². The highest BCUT2D eigenvalue weighted by Crippen LogP contribution is 2.45. The Bertz CT molecular complexity index is 1030. The van der Waals surface area contributed by atoms with Gasteiger partial charge in [-0.3, -0.25) is 10.1 Å². The Kier molecular flexibility index (Phi) is 6.38. The summed E-state index contributed by atoms with van der Waals surface area (Å²) in [7, 11) is 0. The fraction of sp³-hybridized carbons (Fsp3) is 0.381. The Morgan fingerprint density at radius 3 is 2.58 bits per heavy atom. The molecule has 1 aromatic carbocycles. The molecule has 0 saturated carbocycles. The van der Waals surface area contributed by atoms with E-state index in [1.165, 1.54) is 18.5 Å². The van der Waals surface area contributed by atoms with E-state index in [2.05, 4.69) is 15.3 Å². The monoisotopic (exact) mass is 428 g/mol. The van der Waals surface area contributed by atoms with Crippen LogP contribution in [-0.4, -0.2) is 33.3 Å². The number of hydrogen-bond acceptors (Lipinski definition) is 9. The molecular weight excluding hydrogens is 404 g/mol. The minimum Gasteiger partial charge on any atom is -0.475 e. The summed E-state index contributed by atoms with van der Waals surface area (Å²) in [6, 6.07) is 6.10. The van der Waals surface area contributed by atoms with Gasteiger partial charge in [0, 0.05) is 12.1 Å². The molecule has 1 aliphatic rings. The Hall–Kier alpha value is -3.69. The smallest absolute Gasteiger partial charge is 0.475 e. The first kappa shape index (κ1) is 22.0. The van der Waals surface area contributed by atoms with E-state index in [1.54, 1.807) is 32.9 Å². The maximum Gasteiger partial charge on any atom is 0.513 e. The summed E-state index contributed by atoms with van der Waals surface area (Å²) in [4.78, 5) is 31.7. The average molecular weight is 428 g/mol. The van der Waals surface area contributed by atoms with Crippen molar-refractivity contribution in [2.45, 2.75) is 52.7 Å². The minimum absolute atomic E-state index is 0.0949. The third-order valence-corrected chi connectivity index (χ3v) is 4.36. The molecule has 2 aromatic rings. The number of aromatic nitrogens is 2. The van der Waals surface area contributed by atoms with Crippen molar-refractivity contribution in [1.29, 1.82) is 0 Å². The molecule has 0 amide bonds. The maximum atomic E-state index is 12.3. The molecule has 0 radical (unpaired) electrons. The molecule has 0 bridgehead atoms. The molecule has 3 rings (SSSR count). The number of rotatable bonds is 6. The normalized spacial score (nSPS) is 15.4. The van der Waals surface area contributed by atoms with Crippen LogP contribution in [0.4, 0.5) is 16.3 Å². The molecule has 10 heteroatoms. The number of anilines is 1. The van der Waals surface area contributed by atoms with E-state index in [0.717, 1.165) is 0 Å². The highest BCUT2D eigenvalue weighted by Gasteiger charge is 2.36. The van der Waals surface area contributed by atoms with Gasteiger partial charge in [0.05, 0.1) is 34.3 Å². The number of non-ortho nitro benzene ring substituents is 1. The molecule has 1 aromatic heterocycles. The molecule has 0 aliphatic carbocycles. The van der Waals surface area contributed by atoms with Crippen molar-refractivity contribution in [2.75, 3.05) is 5.32 Å². The molecule has 1 unspecified atom stereocenters. The zero-order valence-corrected chi connectivity index (χ0v) is 17.9. The topological polar surface area (TPSA) is 126 Å². The number of nitrogens with zero attached hydrogens (tertiary/aromatic N) is 3. The van der Waals surface area contributed by atoms with E-state index in [-0.39, 0.29) is 29.5 Å². The number of nitro groups is 1. The summed E-state index contributed by atoms with van der Waals surface area (Å²) in [5, 5.41) is 14.5. The van der Waals surface area contributed by atoms with Gasteiger partial charge in [-0.15, -0.1) is 0 Å². The summed E-state index contributed by atoms with van der Waals surface area (Å²) in [5.74, 6) is 0.243. The fourth-order valence-electron chi connectivity index (χ4n) is 3.22. The lowest BCUT2D eigenvalue weighted by atomic mass is 9.87. The Balaban J connectivity index is 2.18. The van der Waals surface area contributed by atoms with Gasteiger partial charge in [-0.25, -0.2) is 14.8 Å². The van der Waals surface area contributed by atoms with Crippen LogP contribution in [0.15, 0.2) is 42.0 Å². The molecule has 2 heterocycles. The van der Waals surface area contributed by atoms with Gasteiger partial charge in [0.15, 0.2) is 0 Å². The number of fused-ring (bicyclic) bond motifs is 1. The van der Waals surface area contributed by atoms with Gasteiger partial charge < -0.3 is 19.5 Å². The Labute approximate surface area is 179 Å². The third kappa shape index (κ3) is 4.90. The second kappa shape index (κ2) is 8.99. The highest BCUT2D eigenvalue weighted by molar-refractivity contribution is 5.68. The lowest BCUT2D eigenvalue weighted by Gasteiger charge is -2.30. The Morgan fingerprint density at radius 2 is 1.94 bits per heavy atom. The highest BCUT2D eigenvalue weighted by atomic mass is 16.7. The largest absolute Gasteiger partial charge is 0.513 e. The van der Waals surface area contributed by atoms with Gasteiger partial charge in [-0.05, 0) is 40.2 Å². The van der Waals surface area contributed by atoms with Gasteiger partial charge in [-0.1, -0.05) is 12.1 Å². The summed E-state index contributed by atoms with van der Waals surface area (Å²) in [6.45, 7) is 8.84. The number of carbonyl (C=O) groups excluding carboxylic acids is 1. The molecule has 31 heavy (non-hydrogen) atoms. The molecule has 1 N–H and O–H groups in total. The first-order valence-electron chi connectivity index (χ1n) is 9.79. The van der Waals surface area contributed by atoms with Crippen molar-refractivity contribution in [2.24, 2.45) is 0 Å². The number of benzene rings is 1. The van der Waals surface area contributed by atoms with Crippen LogP contribution in [0.2, 0.25) is 0 Å². The summed E-state index contributed by atoms with van der Waals surface area (Å²) < 4.78 is 16.6. The van der Waals surface area contributed by atoms with Crippen molar-refractivity contribution < 1.29 is 23.9 Å². The molecular formula is C21H24N4O6. The second-order valence-electron chi connectivity index (χ2n) is 7.53. The van der Waals surface area contributed by atoms with Crippen LogP contribution < -0.4 is 10.1 Å². The number of carbonyl (C=O) groups is 1. The molecule has 0 fully saturated rings. The second-order valence-corrected chi connectivity index (χ2v) is 7.53. The standard InChI is InChI=1S/C21H24N4O6/c1-11(2)29-20-17-16(14-7-6-8-15(9-14)25(27)28)18(31-21(26)30-12(3)4)13(5)24-19(17)22-10-23-20/h6-12,16H,1-5H3,(H,22,23,24). The van der Waals surface area contributed by atoms with Crippen LogP contribution in [0, 0.1) is 10.1 Å². The van der Waals surface area contributed by atoms with Crippen molar-refractivity contribution >= 4 is 17.7 Å². The molecule has 0 saturated heterocycles. The van der Waals surface area contributed by atoms with Gasteiger partial charge in [0.25, 0.3) is 5.69 Å². The zero-order valence-electron chi connectivity index (χ0n) is 17.9. The summed E-state index contributed by atoms with van der Waals surface area (Å²) in [6.07, 6.45) is -0.0860. The average Bonchev–Trinajstić information content (AvgIpc) is 2.68. The van der Waals surface area contributed by atoms with E-state index in [0.29, 0.717) is 22.6 Å². The van der Waals surface area contributed by atoms with E-state index < -0.39 is 17.0 Å². The summed E-state index contributed by atoms with van der Waals surface area (Å²) in [5.41, 5.74) is 1.45. The number of allylic oxidation sites excluding steroid dienone is 2. The van der Waals surface area contributed by atoms with Gasteiger partial charge in [0.2, 0.25) is 5.88 Å². The molecule has 164 valence electrons. The van der Waals surface area contributed by atoms with Crippen molar-refractivity contribution in [3.8, 4) is 5.88 Å². The van der Waals surface area contributed by atoms with Crippen molar-refractivity contribution in [3.05, 3.63) is 63.3 Å². The van der Waals surface area contributed by atoms with Gasteiger partial charge in [-0.2, -0.15) is 0 Å².